The maximum absolute atomic E-state index is 12.6. The predicted molar refractivity (Wildman–Crippen MR) is 423 cm³/mol. The zero-order chi connectivity index (χ0) is 84.4. The summed E-state index contributed by atoms with van der Waals surface area (Å²) < 4.78 is 92.9. The molecule has 9 fully saturated rings. The van der Waals surface area contributed by atoms with Crippen molar-refractivity contribution in [2.24, 2.45) is 0 Å². The summed E-state index contributed by atoms with van der Waals surface area (Å²) in [6.45, 7) is 13.4. The number of imidazole rings is 3. The van der Waals surface area contributed by atoms with Gasteiger partial charge in [-0.05, 0) is 94.2 Å². The predicted octanol–water partition coefficient (Wildman–Crippen LogP) is 0.999. The lowest BCUT2D eigenvalue weighted by Gasteiger charge is -2.25. The molecule has 7 aromatic rings. The molecule has 9 aliphatic heterocycles. The third kappa shape index (κ3) is 20.0. The van der Waals surface area contributed by atoms with Crippen LogP contribution in [0.15, 0.2) is 67.1 Å². The molecule has 9 saturated heterocycles. The highest BCUT2D eigenvalue weighted by Gasteiger charge is 2.58. The lowest BCUT2D eigenvalue weighted by atomic mass is 10.1. The van der Waals surface area contributed by atoms with Gasteiger partial charge in [0.25, 0.3) is 10.1 Å². The van der Waals surface area contributed by atoms with Crippen molar-refractivity contribution in [2.45, 2.75) is 203 Å². The number of likely N-dealkylation sites (tertiary alicyclic amines) is 4. The number of benzene rings is 1. The number of nitrogens with zero attached hydrogens (tertiary/aromatic N) is 16. The van der Waals surface area contributed by atoms with Crippen LogP contribution in [0.2, 0.25) is 0 Å². The van der Waals surface area contributed by atoms with Crippen molar-refractivity contribution >= 4 is 125 Å². The number of esters is 3. The van der Waals surface area contributed by atoms with E-state index in [0.717, 1.165) is 25.1 Å². The molecule has 0 bridgehead atoms. The number of carbonyl (C=O) groups is 5. The van der Waals surface area contributed by atoms with Gasteiger partial charge in [0.15, 0.2) is 69.8 Å². The molecule has 10 N–H and O–H groups in total. The van der Waals surface area contributed by atoms with Crippen LogP contribution in [0, 0.1) is 6.92 Å². The van der Waals surface area contributed by atoms with E-state index in [1.54, 1.807) is 92.6 Å². The van der Waals surface area contributed by atoms with Crippen molar-refractivity contribution in [1.29, 1.82) is 0 Å². The largest absolute Gasteiger partial charge is 0.480 e. The minimum atomic E-state index is -3.97. The topological polar surface area (TPSA) is 524 Å². The van der Waals surface area contributed by atoms with Gasteiger partial charge in [0, 0.05) is 66.8 Å². The number of carbonyl (C=O) groups excluding carboxylic acids is 4. The van der Waals surface area contributed by atoms with Crippen molar-refractivity contribution in [3.8, 4) is 0 Å². The Bertz CT molecular complexity index is 4790. The monoisotopic (exact) mass is 1710 g/mol. The number of anilines is 3. The van der Waals surface area contributed by atoms with Gasteiger partial charge >= 0.3 is 23.9 Å². The van der Waals surface area contributed by atoms with Gasteiger partial charge < -0.3 is 85.0 Å². The Morgan fingerprint density at radius 2 is 0.897 bits per heavy atom. The molecule has 0 saturated carbocycles. The third-order valence-electron chi connectivity index (χ3n) is 21.4. The second-order valence-corrected chi connectivity index (χ2v) is 36.3. The van der Waals surface area contributed by atoms with E-state index in [1.807, 2.05) is 54.1 Å². The van der Waals surface area contributed by atoms with E-state index in [9.17, 15) is 47.7 Å². The second-order valence-electron chi connectivity index (χ2n) is 30.6. The number of likely N-dealkylation sites (N-methyl/N-ethyl adjacent to an activating group) is 4. The average molecular weight is 1710 g/mol. The van der Waals surface area contributed by atoms with E-state index < -0.39 is 89.0 Å². The van der Waals surface area contributed by atoms with Gasteiger partial charge in [-0.1, -0.05) is 29.5 Å². The number of carboxylic acid groups (broad SMARTS) is 1. The number of rotatable bonds is 18. The molecule has 1 aromatic carbocycles. The Hall–Kier alpha value is -7.78. The lowest BCUT2D eigenvalue weighted by molar-refractivity contribution is -0.198. The van der Waals surface area contributed by atoms with E-state index in [0.29, 0.717) is 88.4 Å². The lowest BCUT2D eigenvalue weighted by Crippen LogP contribution is -2.33. The summed E-state index contributed by atoms with van der Waals surface area (Å²) in [7, 11) is 7.64. The molecule has 0 unspecified atom stereocenters. The molecule has 9 aliphatic rings. The van der Waals surface area contributed by atoms with Gasteiger partial charge in [0.2, 0.25) is 0 Å². The van der Waals surface area contributed by atoms with Gasteiger partial charge in [-0.3, -0.25) is 61.5 Å². The standard InChI is InChI=1S/C20H28N6O5S.C20H23N5O6S.C16H22N6O5S.C9H15NO3S.C7H13NO3/c1-20(2)30-14-12(7-32-10-5-11(19(27)28-4)25(3)6-10)29-18(15(14)31-20)26-9-24-13-16(21)22-8-23-17(13)26;1-11-4-6-12(7-5-11)32(26,27)28-8-13-15-16(31-20(2,3)30-15)19(29-13)25-10-24-14-17(21)22-9-23-18(14)25;1-21-3-7(2-8(21)16(25)26)28-4-9-11(23)12(24)15(27-9)22-6-20-10-13(17)18-5-19-14(10)22;1-6(11)14-7-4-8(9(12)13-3)10(2)5-7;1-8-4-5(9)3-6(8)7(10)11-2/h8-12,14-15,18H,5-7H2,1-4H3,(H2,21,22,23);4-7,9-10,13,15-16,19H,8H2,1-3H3,(H2,21,22,23);5-9,11-12,15,23-24H,2-4H2,1H3,(H,25,26)(H2,17,18,19);7-8H,4-5H2,1-3H3;5-6,9H,3-4H2,1-2H3/t10-,11-,12+,14+,15+,18+;13-,15-,16-,19-;7-,8-,9+,11+,12+,15+;7-,8-;5-,6+/m01001/s1. The van der Waals surface area contributed by atoms with Crippen molar-refractivity contribution in [3.05, 3.63) is 67.8 Å². The quantitative estimate of drug-likeness (QED) is 0.0358. The first-order valence-electron chi connectivity index (χ1n) is 37.6. The summed E-state index contributed by atoms with van der Waals surface area (Å²) in [6.07, 6.45) is 3.50. The summed E-state index contributed by atoms with van der Waals surface area (Å²) >= 11 is 4.65. The van der Waals surface area contributed by atoms with Crippen LogP contribution < -0.4 is 17.2 Å². The summed E-state index contributed by atoms with van der Waals surface area (Å²) in [5.41, 5.74) is 21.4. The number of methoxy groups -OCH3 is 3. The molecule has 15 heterocycles. The minimum Gasteiger partial charge on any atom is -0.480 e. The third-order valence-corrected chi connectivity index (χ3v) is 26.3. The Labute approximate surface area is 686 Å². The first-order valence-corrected chi connectivity index (χ1v) is 42.0. The molecule has 0 aliphatic carbocycles. The smallest absolute Gasteiger partial charge is 0.323 e. The fraction of sp³-hybridized carbons (Fsp3) is 0.639. The van der Waals surface area contributed by atoms with E-state index in [2.05, 4.69) is 54.3 Å². The molecule has 41 nitrogen and oxygen atoms in total. The van der Waals surface area contributed by atoms with Crippen LogP contribution in [0.5, 0.6) is 0 Å². The number of fused-ring (bicyclic) bond motifs is 5. The zero-order valence-electron chi connectivity index (χ0n) is 66.8. The van der Waals surface area contributed by atoms with Crippen molar-refractivity contribution in [2.75, 3.05) is 111 Å². The van der Waals surface area contributed by atoms with E-state index in [1.165, 1.54) is 75.1 Å². The Balaban J connectivity index is 0.000000141. The molecule has 16 rings (SSSR count). The SMILES string of the molecule is CN1C[C@@H](SC[C@H]2O[C@@H](n3cnc4c(N)ncnc43)[C@H](O)[C@@H]2O)C[C@H]1C(=O)O.COC(=O)[C@@H]1C[C@@H](O)CN1C.COC(=O)[C@@H]1C[C@H](SC(C)=O)CN1C.COC(=O)[C@@H]1C[C@H](SC[C@H]2O[C@@H](n3cnc4c(N)ncnc43)[C@@H]3OC(C)(C)O[C@@H]32)CN1C.Cc1ccc(S(=O)(=O)OC[C@H]2O[C@@H](n3cnc4c(N)ncnc43)[C@@H]3OC(C)(C)O[C@@H]32)cc1. The van der Waals surface area contributed by atoms with Gasteiger partial charge in [0.05, 0.1) is 70.1 Å². The number of nitrogens with two attached hydrogens (primary N) is 3. The Kier molecular flexibility index (Phi) is 28.0. The number of aryl methyl sites for hydroxylation is 1. The van der Waals surface area contributed by atoms with Crippen LogP contribution >= 0.6 is 35.3 Å². The van der Waals surface area contributed by atoms with Crippen LogP contribution in [0.4, 0.5) is 17.5 Å². The maximum atomic E-state index is 12.6. The first-order chi connectivity index (χ1) is 55.5. The number of thioether (sulfide) groups is 3. The number of hydrogen-bond acceptors (Lipinski definition) is 40. The molecule has 45 heteroatoms. The molecule has 6 aromatic heterocycles. The van der Waals surface area contributed by atoms with E-state index in [4.69, 9.17) is 64.4 Å². The fourth-order valence-corrected chi connectivity index (χ4v) is 20.4. The molecule has 0 radical (unpaired) electrons. The fourth-order valence-electron chi connectivity index (χ4n) is 15.6. The van der Waals surface area contributed by atoms with Crippen molar-refractivity contribution in [3.63, 3.8) is 0 Å². The number of aliphatic hydroxyl groups is 3. The van der Waals surface area contributed by atoms with Crippen LogP contribution in [-0.4, -0.2) is 342 Å². The number of β-amino-alcohol motifs (C(OH)–C–C–N with tert-alkyl or cyclic N) is 1. The average Bonchev–Trinajstić information content (AvgIpc) is 1.59. The summed E-state index contributed by atoms with van der Waals surface area (Å²) in [5.74, 6) is -1.13. The maximum Gasteiger partial charge on any atom is 0.323 e. The van der Waals surface area contributed by atoms with E-state index in [-0.39, 0.29) is 99.2 Å². The first kappa shape index (κ1) is 88.5. The van der Waals surface area contributed by atoms with Gasteiger partial charge in [-0.15, -0.1) is 0 Å². The number of aliphatic hydroxyl groups excluding tert-OH is 3. The summed E-state index contributed by atoms with van der Waals surface area (Å²) in [6, 6.07) is 5.30. The Morgan fingerprint density at radius 1 is 0.513 bits per heavy atom. The molecular formula is C72H101N19O22S4. The molecule has 0 spiro atoms. The molecule has 640 valence electrons. The highest BCUT2D eigenvalue weighted by atomic mass is 32.2. The molecular weight excluding hydrogens is 1610 g/mol. The normalized spacial score (nSPS) is 31.2. The molecule has 0 amide bonds. The number of aromatic nitrogens is 12. The number of nitrogen functional groups attached to an aromatic ring is 3. The van der Waals surface area contributed by atoms with Gasteiger partial charge in [0.1, 0.15) is 102 Å². The Morgan fingerprint density at radius 3 is 1.33 bits per heavy atom. The zero-order valence-corrected chi connectivity index (χ0v) is 70.0. The summed E-state index contributed by atoms with van der Waals surface area (Å²) in [5, 5.41) is 40.1. The van der Waals surface area contributed by atoms with Crippen LogP contribution in [0.3, 0.4) is 0 Å². The number of carboxylic acids is 1. The van der Waals surface area contributed by atoms with Gasteiger partial charge in [-0.2, -0.15) is 31.9 Å². The van der Waals surface area contributed by atoms with E-state index >= 15 is 0 Å². The second kappa shape index (κ2) is 37.1. The summed E-state index contributed by atoms with van der Waals surface area (Å²) in [4.78, 5) is 101. The van der Waals surface area contributed by atoms with Crippen LogP contribution in [0.1, 0.15) is 84.5 Å². The highest BCUT2D eigenvalue weighted by Crippen LogP contribution is 2.47. The number of ether oxygens (including phenoxy) is 10. The highest BCUT2D eigenvalue weighted by molar-refractivity contribution is 8.14. The van der Waals surface area contributed by atoms with Crippen LogP contribution in [0.25, 0.3) is 33.5 Å². The van der Waals surface area contributed by atoms with Crippen LogP contribution in [-0.2, 0) is 85.6 Å². The van der Waals surface area contributed by atoms with Crippen molar-refractivity contribution < 1.29 is 104 Å². The van der Waals surface area contributed by atoms with Crippen molar-refractivity contribution in [1.82, 2.24) is 78.2 Å². The minimum absolute atomic E-state index is 0.0749. The molecule has 20 atom stereocenters. The molecule has 117 heavy (non-hydrogen) atoms. The number of aliphatic carboxylic acids is 1. The van der Waals surface area contributed by atoms with Gasteiger partial charge in [-0.25, -0.2) is 44.9 Å². The number of hydrogen-bond donors (Lipinski definition) is 7.